The van der Waals surface area contributed by atoms with Crippen molar-refractivity contribution < 1.29 is 13.2 Å². The monoisotopic (exact) mass is 497 g/mol. The van der Waals surface area contributed by atoms with Crippen molar-refractivity contribution in [1.29, 1.82) is 0 Å². The van der Waals surface area contributed by atoms with Gasteiger partial charge in [-0.05, 0) is 84.0 Å². The molecular weight excluding hydrogens is 470 g/mol. The van der Waals surface area contributed by atoms with Crippen molar-refractivity contribution in [1.82, 2.24) is 5.43 Å². The number of aryl methyl sites for hydroxylation is 4. The van der Waals surface area contributed by atoms with Crippen molar-refractivity contribution >= 4 is 38.6 Å². The number of nitrogens with one attached hydrogen (secondary N) is 1. The first-order valence-electron chi connectivity index (χ1n) is 11.8. The minimum atomic E-state index is -3.97. The Morgan fingerprint density at radius 3 is 2.42 bits per heavy atom. The third-order valence-corrected chi connectivity index (χ3v) is 8.49. The molecule has 5 rings (SSSR count). The summed E-state index contributed by atoms with van der Waals surface area (Å²) in [5, 5.41) is 6.53. The molecule has 0 atom stereocenters. The molecule has 1 amide bonds. The summed E-state index contributed by atoms with van der Waals surface area (Å²) in [6.07, 6.45) is 3.69. The van der Waals surface area contributed by atoms with Gasteiger partial charge in [0.05, 0.1) is 16.8 Å². The number of sulfonamides is 1. The number of amides is 1. The second kappa shape index (κ2) is 9.59. The predicted molar refractivity (Wildman–Crippen MR) is 144 cm³/mol. The van der Waals surface area contributed by atoms with E-state index in [1.165, 1.54) is 28.6 Å². The highest BCUT2D eigenvalue weighted by Gasteiger charge is 2.27. The van der Waals surface area contributed by atoms with Crippen molar-refractivity contribution in [2.24, 2.45) is 5.10 Å². The highest BCUT2D eigenvalue weighted by Crippen LogP contribution is 2.32. The number of hydrogen-bond donors (Lipinski definition) is 1. The molecule has 0 bridgehead atoms. The van der Waals surface area contributed by atoms with E-state index in [9.17, 15) is 13.2 Å². The van der Waals surface area contributed by atoms with E-state index < -0.39 is 22.5 Å². The number of carbonyl (C=O) groups excluding carboxylic acids is 1. The molecule has 182 valence electrons. The molecule has 36 heavy (non-hydrogen) atoms. The molecule has 6 nitrogen and oxygen atoms in total. The normalized spacial score (nSPS) is 12.8. The van der Waals surface area contributed by atoms with Crippen molar-refractivity contribution in [3.8, 4) is 0 Å². The SMILES string of the molecule is Cc1ccc(N(CC(=O)N/N=C/c2ccc3c4c(cccc24)CC3)S(=O)(=O)c2ccccc2)cc1C. The standard InChI is InChI=1S/C29H27N3O3S/c1-20-11-16-25(17-21(20)2)32(36(34,35)26-8-4-3-5-9-26)19-28(33)31-30-18-24-15-14-23-13-12-22-7-6-10-27(24)29(22)23/h3-11,14-18H,12-13,19H2,1-2H3,(H,31,33)/b30-18+. The summed E-state index contributed by atoms with van der Waals surface area (Å²) in [4.78, 5) is 13.0. The minimum absolute atomic E-state index is 0.118. The lowest BCUT2D eigenvalue weighted by molar-refractivity contribution is -0.119. The van der Waals surface area contributed by atoms with Gasteiger partial charge in [-0.25, -0.2) is 13.8 Å². The van der Waals surface area contributed by atoms with E-state index in [0.717, 1.165) is 39.2 Å². The third kappa shape index (κ3) is 4.50. The van der Waals surface area contributed by atoms with Gasteiger partial charge in [-0.1, -0.05) is 54.6 Å². The van der Waals surface area contributed by atoms with Crippen LogP contribution in [-0.4, -0.2) is 27.1 Å². The first kappa shape index (κ1) is 23.8. The lowest BCUT2D eigenvalue weighted by Crippen LogP contribution is -2.39. The highest BCUT2D eigenvalue weighted by molar-refractivity contribution is 7.92. The number of anilines is 1. The molecule has 0 aliphatic heterocycles. The molecule has 1 N–H and O–H groups in total. The van der Waals surface area contributed by atoms with Crippen LogP contribution in [-0.2, 0) is 27.7 Å². The zero-order chi connectivity index (χ0) is 25.3. The van der Waals surface area contributed by atoms with Crippen molar-refractivity contribution in [2.75, 3.05) is 10.8 Å². The van der Waals surface area contributed by atoms with E-state index in [1.807, 2.05) is 32.0 Å². The van der Waals surface area contributed by atoms with Gasteiger partial charge in [0.2, 0.25) is 0 Å². The Kier molecular flexibility index (Phi) is 6.33. The van der Waals surface area contributed by atoms with Gasteiger partial charge in [0.25, 0.3) is 15.9 Å². The zero-order valence-corrected chi connectivity index (χ0v) is 21.0. The summed E-state index contributed by atoms with van der Waals surface area (Å²) < 4.78 is 28.1. The zero-order valence-electron chi connectivity index (χ0n) is 20.2. The minimum Gasteiger partial charge on any atom is -0.271 e. The van der Waals surface area contributed by atoms with Crippen molar-refractivity contribution in [3.05, 3.63) is 107 Å². The van der Waals surface area contributed by atoms with E-state index >= 15 is 0 Å². The quantitative estimate of drug-likeness (QED) is 0.291. The first-order chi connectivity index (χ1) is 17.3. The number of carbonyl (C=O) groups is 1. The summed E-state index contributed by atoms with van der Waals surface area (Å²) in [5.74, 6) is -0.532. The molecule has 0 aromatic heterocycles. The number of benzene rings is 4. The van der Waals surface area contributed by atoms with Crippen LogP contribution in [0, 0.1) is 13.8 Å². The Morgan fingerprint density at radius 1 is 0.917 bits per heavy atom. The van der Waals surface area contributed by atoms with Crippen LogP contribution in [0.1, 0.15) is 27.8 Å². The Labute approximate surface area is 211 Å². The summed E-state index contributed by atoms with van der Waals surface area (Å²) >= 11 is 0. The molecule has 1 aliphatic carbocycles. The number of nitrogens with zero attached hydrogens (tertiary/aromatic N) is 2. The second-order valence-corrected chi connectivity index (χ2v) is 10.9. The number of hydrazone groups is 1. The van der Waals surface area contributed by atoms with E-state index in [2.05, 4.69) is 28.7 Å². The molecule has 0 radical (unpaired) electrons. The van der Waals surface area contributed by atoms with E-state index in [0.29, 0.717) is 5.69 Å². The Balaban J connectivity index is 1.40. The van der Waals surface area contributed by atoms with Gasteiger partial charge in [0.15, 0.2) is 0 Å². The van der Waals surface area contributed by atoms with Crippen LogP contribution in [0.25, 0.3) is 10.8 Å². The van der Waals surface area contributed by atoms with Gasteiger partial charge < -0.3 is 0 Å². The van der Waals surface area contributed by atoms with Crippen LogP contribution in [0.2, 0.25) is 0 Å². The maximum absolute atomic E-state index is 13.5. The Hall–Kier alpha value is -3.97. The molecule has 0 saturated carbocycles. The molecule has 0 unspecified atom stereocenters. The third-order valence-electron chi connectivity index (χ3n) is 6.70. The molecule has 0 heterocycles. The molecule has 0 saturated heterocycles. The van der Waals surface area contributed by atoms with Crippen LogP contribution in [0.3, 0.4) is 0 Å². The van der Waals surface area contributed by atoms with E-state index in [-0.39, 0.29) is 4.90 Å². The van der Waals surface area contributed by atoms with Crippen molar-refractivity contribution in [2.45, 2.75) is 31.6 Å². The number of rotatable bonds is 7. The first-order valence-corrected chi connectivity index (χ1v) is 13.3. The summed E-state index contributed by atoms with van der Waals surface area (Å²) in [7, 11) is -3.97. The average Bonchev–Trinajstić information content (AvgIpc) is 3.31. The molecular formula is C29H27N3O3S. The van der Waals surface area contributed by atoms with Crippen LogP contribution >= 0.6 is 0 Å². The van der Waals surface area contributed by atoms with Crippen LogP contribution < -0.4 is 9.73 Å². The van der Waals surface area contributed by atoms with Gasteiger partial charge in [-0.2, -0.15) is 5.10 Å². The van der Waals surface area contributed by atoms with E-state index in [4.69, 9.17) is 0 Å². The van der Waals surface area contributed by atoms with E-state index in [1.54, 1.807) is 36.5 Å². The Morgan fingerprint density at radius 2 is 1.67 bits per heavy atom. The highest BCUT2D eigenvalue weighted by atomic mass is 32.2. The Bertz CT molecular complexity index is 1590. The van der Waals surface area contributed by atoms with Gasteiger partial charge in [0.1, 0.15) is 6.54 Å². The molecule has 7 heteroatoms. The molecule has 4 aromatic rings. The smallest absolute Gasteiger partial charge is 0.264 e. The lowest BCUT2D eigenvalue weighted by Gasteiger charge is -2.24. The topological polar surface area (TPSA) is 78.8 Å². The summed E-state index contributed by atoms with van der Waals surface area (Å²) in [6.45, 7) is 3.46. The maximum Gasteiger partial charge on any atom is 0.264 e. The van der Waals surface area contributed by atoms with Gasteiger partial charge >= 0.3 is 0 Å². The largest absolute Gasteiger partial charge is 0.271 e. The average molecular weight is 498 g/mol. The summed E-state index contributed by atoms with van der Waals surface area (Å²) in [6, 6.07) is 23.8. The molecule has 0 fully saturated rings. The van der Waals surface area contributed by atoms with Gasteiger partial charge in [-0.15, -0.1) is 0 Å². The summed E-state index contributed by atoms with van der Waals surface area (Å²) in [5.41, 5.74) is 8.48. The predicted octanol–water partition coefficient (Wildman–Crippen LogP) is 4.90. The fraction of sp³-hybridized carbons (Fsp3) is 0.172. The van der Waals surface area contributed by atoms with Crippen LogP contribution in [0.5, 0.6) is 0 Å². The molecule has 0 spiro atoms. The maximum atomic E-state index is 13.5. The fourth-order valence-electron chi connectivity index (χ4n) is 4.64. The van der Waals surface area contributed by atoms with Gasteiger partial charge in [-0.3, -0.25) is 9.10 Å². The van der Waals surface area contributed by atoms with Crippen molar-refractivity contribution in [3.63, 3.8) is 0 Å². The lowest BCUT2D eigenvalue weighted by atomic mass is 10.0. The number of hydrogen-bond acceptors (Lipinski definition) is 4. The molecule has 4 aromatic carbocycles. The van der Waals surface area contributed by atoms with Crippen LogP contribution in [0.4, 0.5) is 5.69 Å². The second-order valence-electron chi connectivity index (χ2n) is 9.04. The van der Waals surface area contributed by atoms with Crippen LogP contribution in [0.15, 0.2) is 88.9 Å². The van der Waals surface area contributed by atoms with Gasteiger partial charge in [0, 0.05) is 5.56 Å². The molecule has 1 aliphatic rings. The fourth-order valence-corrected chi connectivity index (χ4v) is 6.07.